The van der Waals surface area contributed by atoms with Gasteiger partial charge in [0.2, 0.25) is 0 Å². The van der Waals surface area contributed by atoms with Crippen LogP contribution in [-0.4, -0.2) is 29.0 Å². The van der Waals surface area contributed by atoms with E-state index in [9.17, 15) is 0 Å². The van der Waals surface area contributed by atoms with Gasteiger partial charge in [0.15, 0.2) is 0 Å². The van der Waals surface area contributed by atoms with Gasteiger partial charge < -0.3 is 10.9 Å². The van der Waals surface area contributed by atoms with E-state index >= 15 is 0 Å². The number of amidine groups is 1. The zero-order chi connectivity index (χ0) is 14.6. The van der Waals surface area contributed by atoms with Gasteiger partial charge >= 0.3 is 0 Å². The molecule has 1 atom stereocenters. The highest BCUT2D eigenvalue weighted by Crippen LogP contribution is 2.34. The lowest BCUT2D eigenvalue weighted by Gasteiger charge is -2.42. The minimum absolute atomic E-state index is 0.187. The van der Waals surface area contributed by atoms with Crippen molar-refractivity contribution in [2.24, 2.45) is 16.3 Å². The second-order valence-corrected chi connectivity index (χ2v) is 6.46. The van der Waals surface area contributed by atoms with Crippen LogP contribution in [0.15, 0.2) is 35.5 Å². The Labute approximate surface area is 121 Å². The fraction of sp³-hybridized carbons (Fsp3) is 0.562. The van der Waals surface area contributed by atoms with Gasteiger partial charge in [0.1, 0.15) is 5.84 Å². The number of hydrogen-bond donors (Lipinski definition) is 2. The minimum atomic E-state index is 0.187. The molecule has 1 aliphatic heterocycles. The Morgan fingerprint density at radius 1 is 1.40 bits per heavy atom. The van der Waals surface area contributed by atoms with Gasteiger partial charge in [0.25, 0.3) is 0 Å². The van der Waals surface area contributed by atoms with Crippen LogP contribution >= 0.6 is 0 Å². The third-order valence-corrected chi connectivity index (χ3v) is 4.09. The van der Waals surface area contributed by atoms with Crippen LogP contribution in [0.4, 0.5) is 0 Å². The molecule has 2 rings (SSSR count). The Balaban J connectivity index is 2.22. The lowest BCUT2D eigenvalue weighted by atomic mass is 9.82. The zero-order valence-electron chi connectivity index (χ0n) is 12.4. The molecule has 20 heavy (non-hydrogen) atoms. The smallest absolute Gasteiger partial charge is 0.141 e. The van der Waals surface area contributed by atoms with Crippen LogP contribution in [0.2, 0.25) is 0 Å². The lowest BCUT2D eigenvalue weighted by molar-refractivity contribution is 0.0797. The average molecular weight is 275 g/mol. The first-order valence-corrected chi connectivity index (χ1v) is 7.27. The highest BCUT2D eigenvalue weighted by molar-refractivity contribution is 5.80. The zero-order valence-corrected chi connectivity index (χ0v) is 12.4. The number of hydrogen-bond acceptors (Lipinski definition) is 3. The molecule has 1 aromatic rings. The summed E-state index contributed by atoms with van der Waals surface area (Å²) >= 11 is 0. The van der Waals surface area contributed by atoms with Gasteiger partial charge in [0.05, 0.1) is 0 Å². The highest BCUT2D eigenvalue weighted by atomic mass is 16.4. The predicted molar refractivity (Wildman–Crippen MR) is 81.8 cm³/mol. The standard InChI is InChI=1S/C16H25N3O/c1-16(2)9-6-10-19(12-16)14(11-15(17)18-20)13-7-4-3-5-8-13/h3-5,7-8,14,20H,6,9-12H2,1-2H3,(H2,17,18). The molecule has 0 radical (unpaired) electrons. The quantitative estimate of drug-likeness (QED) is 0.384. The molecule has 1 aromatic carbocycles. The molecule has 4 heteroatoms. The van der Waals surface area contributed by atoms with Crippen LogP contribution in [0.1, 0.15) is 44.7 Å². The van der Waals surface area contributed by atoms with Crippen molar-refractivity contribution in [3.63, 3.8) is 0 Å². The summed E-state index contributed by atoms with van der Waals surface area (Å²) in [4.78, 5) is 2.47. The summed E-state index contributed by atoms with van der Waals surface area (Å²) in [5, 5.41) is 12.0. The first-order valence-electron chi connectivity index (χ1n) is 7.27. The number of piperidine rings is 1. The molecule has 0 spiro atoms. The summed E-state index contributed by atoms with van der Waals surface area (Å²) in [6.07, 6.45) is 3.03. The molecule has 0 aliphatic carbocycles. The van der Waals surface area contributed by atoms with Crippen LogP contribution in [0.25, 0.3) is 0 Å². The molecule has 1 saturated heterocycles. The van der Waals surface area contributed by atoms with Crippen molar-refractivity contribution in [1.29, 1.82) is 0 Å². The molecular formula is C16H25N3O. The number of nitrogens with zero attached hydrogens (tertiary/aromatic N) is 2. The minimum Gasteiger partial charge on any atom is -0.409 e. The van der Waals surface area contributed by atoms with Crippen molar-refractivity contribution >= 4 is 5.84 Å². The van der Waals surface area contributed by atoms with E-state index in [0.717, 1.165) is 13.1 Å². The van der Waals surface area contributed by atoms with Crippen molar-refractivity contribution in [3.8, 4) is 0 Å². The number of oxime groups is 1. The van der Waals surface area contributed by atoms with Gasteiger partial charge in [-0.05, 0) is 30.4 Å². The van der Waals surface area contributed by atoms with Gasteiger partial charge in [-0.3, -0.25) is 4.90 Å². The van der Waals surface area contributed by atoms with Crippen molar-refractivity contribution in [1.82, 2.24) is 4.90 Å². The van der Waals surface area contributed by atoms with E-state index in [4.69, 9.17) is 10.9 Å². The first kappa shape index (κ1) is 14.9. The molecule has 0 aromatic heterocycles. The van der Waals surface area contributed by atoms with Crippen LogP contribution in [0.5, 0.6) is 0 Å². The maximum atomic E-state index is 8.88. The molecule has 3 N–H and O–H groups in total. The maximum Gasteiger partial charge on any atom is 0.141 e. The second-order valence-electron chi connectivity index (χ2n) is 6.46. The van der Waals surface area contributed by atoms with E-state index in [-0.39, 0.29) is 6.04 Å². The number of nitrogens with two attached hydrogens (primary N) is 1. The van der Waals surface area contributed by atoms with Crippen molar-refractivity contribution in [3.05, 3.63) is 35.9 Å². The lowest BCUT2D eigenvalue weighted by Crippen LogP contribution is -2.43. The number of benzene rings is 1. The Hall–Kier alpha value is -1.55. The number of rotatable bonds is 4. The van der Waals surface area contributed by atoms with Gasteiger partial charge in [0, 0.05) is 19.0 Å². The molecule has 0 bridgehead atoms. The van der Waals surface area contributed by atoms with Gasteiger partial charge in [-0.2, -0.15) is 0 Å². The Kier molecular flexibility index (Phi) is 4.65. The Bertz CT molecular complexity index is 456. The topological polar surface area (TPSA) is 61.8 Å². The second kappa shape index (κ2) is 6.27. The largest absolute Gasteiger partial charge is 0.409 e. The maximum absolute atomic E-state index is 8.88. The molecule has 1 unspecified atom stereocenters. The Morgan fingerprint density at radius 3 is 2.70 bits per heavy atom. The highest BCUT2D eigenvalue weighted by Gasteiger charge is 2.31. The third-order valence-electron chi connectivity index (χ3n) is 4.09. The van der Waals surface area contributed by atoms with E-state index < -0.39 is 0 Å². The van der Waals surface area contributed by atoms with Gasteiger partial charge in [-0.25, -0.2) is 0 Å². The van der Waals surface area contributed by atoms with Gasteiger partial charge in [-0.15, -0.1) is 0 Å². The summed E-state index contributed by atoms with van der Waals surface area (Å²) in [7, 11) is 0. The fourth-order valence-corrected chi connectivity index (χ4v) is 3.11. The molecule has 0 amide bonds. The van der Waals surface area contributed by atoms with E-state index in [1.807, 2.05) is 18.2 Å². The molecule has 1 aliphatic rings. The van der Waals surface area contributed by atoms with Crippen LogP contribution in [-0.2, 0) is 0 Å². The third kappa shape index (κ3) is 3.73. The summed E-state index contributed by atoms with van der Waals surface area (Å²) in [5.74, 6) is 0.294. The normalized spacial score (nSPS) is 21.6. The molecule has 1 heterocycles. The van der Waals surface area contributed by atoms with E-state index in [1.54, 1.807) is 0 Å². The molecular weight excluding hydrogens is 250 g/mol. The SMILES string of the molecule is CC1(C)CCCN(C(CC(N)=NO)c2ccccc2)C1. The first-order chi connectivity index (χ1) is 9.52. The van der Waals surface area contributed by atoms with Crippen LogP contribution < -0.4 is 5.73 Å². The molecule has 0 saturated carbocycles. The van der Waals surface area contributed by atoms with E-state index in [2.05, 4.69) is 36.0 Å². The van der Waals surface area contributed by atoms with Crippen LogP contribution in [0, 0.1) is 5.41 Å². The summed E-state index contributed by atoms with van der Waals surface area (Å²) < 4.78 is 0. The number of likely N-dealkylation sites (tertiary alicyclic amines) is 1. The molecule has 110 valence electrons. The van der Waals surface area contributed by atoms with Crippen molar-refractivity contribution < 1.29 is 5.21 Å². The Morgan fingerprint density at radius 2 is 2.10 bits per heavy atom. The molecule has 1 fully saturated rings. The summed E-state index contributed by atoms with van der Waals surface area (Å²) in [5.41, 5.74) is 7.32. The predicted octanol–water partition coefficient (Wildman–Crippen LogP) is 2.99. The van der Waals surface area contributed by atoms with Crippen molar-refractivity contribution in [2.75, 3.05) is 13.1 Å². The van der Waals surface area contributed by atoms with E-state index in [1.165, 1.54) is 18.4 Å². The van der Waals surface area contributed by atoms with Crippen molar-refractivity contribution in [2.45, 2.75) is 39.2 Å². The van der Waals surface area contributed by atoms with E-state index in [0.29, 0.717) is 17.7 Å². The summed E-state index contributed by atoms with van der Waals surface area (Å²) in [6, 6.07) is 10.5. The van der Waals surface area contributed by atoms with Gasteiger partial charge in [-0.1, -0.05) is 49.3 Å². The summed E-state index contributed by atoms with van der Waals surface area (Å²) in [6.45, 7) is 6.74. The fourth-order valence-electron chi connectivity index (χ4n) is 3.11. The average Bonchev–Trinajstić information content (AvgIpc) is 2.44. The van der Waals surface area contributed by atoms with Crippen LogP contribution in [0.3, 0.4) is 0 Å². The molecule has 4 nitrogen and oxygen atoms in total. The monoisotopic (exact) mass is 275 g/mol.